The van der Waals surface area contributed by atoms with E-state index in [0.29, 0.717) is 5.69 Å². The minimum absolute atomic E-state index is 0.0309. The molecule has 0 saturated heterocycles. The lowest BCUT2D eigenvalue weighted by atomic mass is 10.5. The number of hydrogen-bond acceptors (Lipinski definition) is 4. The van der Waals surface area contributed by atoms with Gasteiger partial charge in [0.1, 0.15) is 0 Å². The number of nitrogen functional groups attached to an aromatic ring is 1. The van der Waals surface area contributed by atoms with Crippen molar-refractivity contribution in [2.24, 2.45) is 0 Å². The third-order valence-corrected chi connectivity index (χ3v) is 1.82. The third-order valence-electron chi connectivity index (χ3n) is 1.82. The van der Waals surface area contributed by atoms with Crippen molar-refractivity contribution in [2.75, 3.05) is 5.73 Å². The molecular formula is C8H9N5O2. The van der Waals surface area contributed by atoms with Crippen molar-refractivity contribution >= 4 is 5.95 Å². The Morgan fingerprint density at radius 2 is 2.13 bits per heavy atom. The van der Waals surface area contributed by atoms with Crippen LogP contribution in [0.4, 0.5) is 5.95 Å². The van der Waals surface area contributed by atoms with Crippen LogP contribution in [0.3, 0.4) is 0 Å². The van der Waals surface area contributed by atoms with E-state index >= 15 is 0 Å². The standard InChI is InChI=1S/C8H9N5O2/c1-4-2-7(15)13(12-4)5-3-6(14)11-8(9)10-5/h2-3,12H,1H3,(H3,9,10,11,14). The van der Waals surface area contributed by atoms with E-state index in [0.717, 1.165) is 4.68 Å². The number of nitrogens with one attached hydrogen (secondary N) is 2. The fourth-order valence-electron chi connectivity index (χ4n) is 1.26. The molecule has 7 heteroatoms. The maximum absolute atomic E-state index is 11.4. The van der Waals surface area contributed by atoms with Crippen LogP contribution in [-0.2, 0) is 0 Å². The highest BCUT2D eigenvalue weighted by Gasteiger charge is 2.05. The van der Waals surface area contributed by atoms with E-state index in [9.17, 15) is 9.59 Å². The van der Waals surface area contributed by atoms with Crippen molar-refractivity contribution < 1.29 is 0 Å². The zero-order valence-corrected chi connectivity index (χ0v) is 7.94. The van der Waals surface area contributed by atoms with Gasteiger partial charge in [-0.2, -0.15) is 4.98 Å². The molecule has 2 aromatic rings. The summed E-state index contributed by atoms with van der Waals surface area (Å²) >= 11 is 0. The van der Waals surface area contributed by atoms with Crippen LogP contribution in [0.2, 0.25) is 0 Å². The van der Waals surface area contributed by atoms with E-state index < -0.39 is 5.56 Å². The van der Waals surface area contributed by atoms with Gasteiger partial charge in [0.15, 0.2) is 5.82 Å². The number of rotatable bonds is 1. The Hall–Kier alpha value is -2.31. The summed E-state index contributed by atoms with van der Waals surface area (Å²) in [6.07, 6.45) is 0. The smallest absolute Gasteiger partial charge is 0.272 e. The number of anilines is 1. The van der Waals surface area contributed by atoms with E-state index in [-0.39, 0.29) is 17.3 Å². The second-order valence-electron chi connectivity index (χ2n) is 3.10. The molecule has 78 valence electrons. The summed E-state index contributed by atoms with van der Waals surface area (Å²) < 4.78 is 1.15. The molecule has 7 nitrogen and oxygen atoms in total. The fraction of sp³-hybridized carbons (Fsp3) is 0.125. The van der Waals surface area contributed by atoms with E-state index in [2.05, 4.69) is 15.1 Å². The normalized spacial score (nSPS) is 10.5. The summed E-state index contributed by atoms with van der Waals surface area (Å²) in [5.41, 5.74) is 5.35. The van der Waals surface area contributed by atoms with E-state index in [1.54, 1.807) is 6.92 Å². The molecule has 0 aromatic carbocycles. The van der Waals surface area contributed by atoms with Crippen molar-refractivity contribution in [3.63, 3.8) is 0 Å². The van der Waals surface area contributed by atoms with Crippen LogP contribution >= 0.6 is 0 Å². The average Bonchev–Trinajstić information content (AvgIpc) is 2.43. The van der Waals surface area contributed by atoms with Crippen molar-refractivity contribution in [2.45, 2.75) is 6.92 Å². The Balaban J connectivity index is 2.69. The molecule has 0 bridgehead atoms. The molecule has 2 aromatic heterocycles. The maximum Gasteiger partial charge on any atom is 0.272 e. The lowest BCUT2D eigenvalue weighted by Crippen LogP contribution is -2.20. The van der Waals surface area contributed by atoms with Gasteiger partial charge in [-0.25, -0.2) is 4.68 Å². The molecule has 2 rings (SSSR count). The highest BCUT2D eigenvalue weighted by molar-refractivity contribution is 5.27. The lowest BCUT2D eigenvalue weighted by molar-refractivity contribution is 0.801. The van der Waals surface area contributed by atoms with Crippen LogP contribution in [-0.4, -0.2) is 19.7 Å². The summed E-state index contributed by atoms with van der Waals surface area (Å²) in [7, 11) is 0. The SMILES string of the molecule is Cc1cc(=O)n(-c2cc(=O)[nH]c(N)n2)[nH]1. The Labute approximate surface area is 83.6 Å². The first-order chi connectivity index (χ1) is 7.06. The number of nitrogens with zero attached hydrogens (tertiary/aromatic N) is 2. The van der Waals surface area contributed by atoms with Crippen LogP contribution in [0.5, 0.6) is 0 Å². The second kappa shape index (κ2) is 3.12. The predicted molar refractivity (Wildman–Crippen MR) is 54.0 cm³/mol. The molecule has 0 aliphatic carbocycles. The number of aryl methyl sites for hydroxylation is 1. The van der Waals surface area contributed by atoms with E-state index in [1.165, 1.54) is 12.1 Å². The first kappa shape index (κ1) is 9.25. The first-order valence-electron chi connectivity index (χ1n) is 4.22. The van der Waals surface area contributed by atoms with Crippen molar-refractivity contribution in [1.29, 1.82) is 0 Å². The van der Waals surface area contributed by atoms with Crippen molar-refractivity contribution in [3.8, 4) is 5.82 Å². The minimum Gasteiger partial charge on any atom is -0.369 e. The van der Waals surface area contributed by atoms with E-state index in [4.69, 9.17) is 5.73 Å². The van der Waals surface area contributed by atoms with Gasteiger partial charge in [0, 0.05) is 17.8 Å². The number of nitrogens with two attached hydrogens (primary N) is 1. The third kappa shape index (κ3) is 1.66. The number of H-pyrrole nitrogens is 2. The molecule has 4 N–H and O–H groups in total. The van der Waals surface area contributed by atoms with Crippen molar-refractivity contribution in [3.05, 3.63) is 38.5 Å². The first-order valence-corrected chi connectivity index (χ1v) is 4.22. The molecule has 0 atom stereocenters. The van der Waals surface area contributed by atoms with Gasteiger partial charge in [-0.15, -0.1) is 0 Å². The monoisotopic (exact) mass is 207 g/mol. The number of hydrogen-bond donors (Lipinski definition) is 3. The molecule has 0 amide bonds. The largest absolute Gasteiger partial charge is 0.369 e. The number of aromatic nitrogens is 4. The van der Waals surface area contributed by atoms with Crippen LogP contribution in [0.25, 0.3) is 5.82 Å². The van der Waals surface area contributed by atoms with Crippen LogP contribution in [0.1, 0.15) is 5.69 Å². The fourth-order valence-corrected chi connectivity index (χ4v) is 1.26. The topological polar surface area (TPSA) is 110 Å². The molecule has 0 spiro atoms. The minimum atomic E-state index is -0.406. The van der Waals surface area contributed by atoms with Gasteiger partial charge in [-0.1, -0.05) is 0 Å². The van der Waals surface area contributed by atoms with Crippen LogP contribution < -0.4 is 16.9 Å². The molecule has 0 aliphatic heterocycles. The summed E-state index contributed by atoms with van der Waals surface area (Å²) in [6.45, 7) is 1.73. The Morgan fingerprint density at radius 1 is 1.40 bits per heavy atom. The Bertz CT molecular complexity index is 606. The van der Waals surface area contributed by atoms with Gasteiger partial charge in [0.25, 0.3) is 11.1 Å². The summed E-state index contributed by atoms with van der Waals surface area (Å²) in [5.74, 6) is 0.144. The highest BCUT2D eigenvalue weighted by Crippen LogP contribution is 1.97. The zero-order chi connectivity index (χ0) is 11.0. The molecule has 0 fully saturated rings. The second-order valence-corrected chi connectivity index (χ2v) is 3.10. The van der Waals surface area contributed by atoms with Gasteiger partial charge in [-0.3, -0.25) is 19.7 Å². The molecule has 2 heterocycles. The van der Waals surface area contributed by atoms with Gasteiger partial charge in [-0.05, 0) is 6.92 Å². The van der Waals surface area contributed by atoms with Gasteiger partial charge in [0.05, 0.1) is 0 Å². The number of aromatic amines is 2. The molecule has 0 aliphatic rings. The molecular weight excluding hydrogens is 198 g/mol. The predicted octanol–water partition coefficient (Wildman–Crippen LogP) is -0.860. The lowest BCUT2D eigenvalue weighted by Gasteiger charge is -2.00. The molecule has 15 heavy (non-hydrogen) atoms. The highest BCUT2D eigenvalue weighted by atomic mass is 16.1. The van der Waals surface area contributed by atoms with E-state index in [1.807, 2.05) is 0 Å². The van der Waals surface area contributed by atoms with Crippen molar-refractivity contribution in [1.82, 2.24) is 19.7 Å². The Kier molecular flexibility index (Phi) is 1.93. The van der Waals surface area contributed by atoms with Crippen LogP contribution in [0, 0.1) is 6.92 Å². The maximum atomic E-state index is 11.4. The molecule has 0 saturated carbocycles. The van der Waals surface area contributed by atoms with Crippen LogP contribution in [0.15, 0.2) is 21.7 Å². The summed E-state index contributed by atoms with van der Waals surface area (Å²) in [6, 6.07) is 2.59. The van der Waals surface area contributed by atoms with Gasteiger partial charge in [0.2, 0.25) is 5.95 Å². The Morgan fingerprint density at radius 3 is 2.67 bits per heavy atom. The quantitative estimate of drug-likeness (QED) is 0.565. The molecule has 0 unspecified atom stereocenters. The van der Waals surface area contributed by atoms with Gasteiger partial charge < -0.3 is 5.73 Å². The zero-order valence-electron chi connectivity index (χ0n) is 7.94. The average molecular weight is 207 g/mol. The molecule has 0 radical (unpaired) electrons. The van der Waals surface area contributed by atoms with Gasteiger partial charge >= 0.3 is 0 Å². The summed E-state index contributed by atoms with van der Waals surface area (Å²) in [5, 5.41) is 2.75. The summed E-state index contributed by atoms with van der Waals surface area (Å²) in [4.78, 5) is 28.6.